The zero-order valence-electron chi connectivity index (χ0n) is 12.5. The molecule has 0 saturated heterocycles. The number of nitrogens with one attached hydrogen (secondary N) is 1. The highest BCUT2D eigenvalue weighted by molar-refractivity contribution is 6.33. The smallest absolute Gasteiger partial charge is 0.337 e. The van der Waals surface area contributed by atoms with E-state index in [1.807, 2.05) is 12.1 Å². The Morgan fingerprint density at radius 1 is 1.26 bits per heavy atom. The molecule has 2 rings (SSSR count). The second kappa shape index (κ2) is 7.51. The maximum Gasteiger partial charge on any atom is 0.337 e. The van der Waals surface area contributed by atoms with Crippen LogP contribution in [0.25, 0.3) is 0 Å². The SMILES string of the molecule is COc1cccc(/C=N\Nc2ccc(Cl)c(C(=O)O)c2)c1OC. The van der Waals surface area contributed by atoms with Gasteiger partial charge in [0, 0.05) is 5.56 Å². The van der Waals surface area contributed by atoms with Crippen molar-refractivity contribution < 1.29 is 19.4 Å². The van der Waals surface area contributed by atoms with E-state index in [1.54, 1.807) is 32.6 Å². The zero-order valence-corrected chi connectivity index (χ0v) is 13.3. The van der Waals surface area contributed by atoms with Crippen molar-refractivity contribution in [3.05, 3.63) is 52.5 Å². The molecule has 0 bridgehead atoms. The molecular formula is C16H15ClN2O4. The standard InChI is InChI=1S/C16H15ClN2O4/c1-22-14-5-3-4-10(15(14)23-2)9-18-19-11-6-7-13(17)12(8-11)16(20)21/h3-9,19H,1-2H3,(H,20,21)/b18-9-. The van der Waals surface area contributed by atoms with Gasteiger partial charge in [0.2, 0.25) is 0 Å². The molecule has 6 nitrogen and oxygen atoms in total. The fourth-order valence-corrected chi connectivity index (χ4v) is 2.15. The third-order valence-electron chi connectivity index (χ3n) is 3.03. The number of ether oxygens (including phenoxy) is 2. The molecule has 2 N–H and O–H groups in total. The normalized spacial score (nSPS) is 10.6. The van der Waals surface area contributed by atoms with Gasteiger partial charge in [-0.05, 0) is 30.3 Å². The summed E-state index contributed by atoms with van der Waals surface area (Å²) >= 11 is 5.82. The second-order valence-corrected chi connectivity index (χ2v) is 4.86. The molecule has 0 aromatic heterocycles. The average Bonchev–Trinajstić information content (AvgIpc) is 2.55. The largest absolute Gasteiger partial charge is 0.493 e. The highest BCUT2D eigenvalue weighted by atomic mass is 35.5. The van der Waals surface area contributed by atoms with E-state index in [9.17, 15) is 4.79 Å². The first-order chi connectivity index (χ1) is 11.1. The molecule has 0 saturated carbocycles. The minimum atomic E-state index is -1.10. The Hall–Kier alpha value is -2.73. The highest BCUT2D eigenvalue weighted by Gasteiger charge is 2.09. The van der Waals surface area contributed by atoms with Crippen molar-refractivity contribution in [3.8, 4) is 11.5 Å². The summed E-state index contributed by atoms with van der Waals surface area (Å²) in [5.41, 5.74) is 3.98. The molecule has 0 unspecified atom stereocenters. The number of rotatable bonds is 6. The summed E-state index contributed by atoms with van der Waals surface area (Å²) < 4.78 is 10.5. The number of hydrogen-bond donors (Lipinski definition) is 2. The summed E-state index contributed by atoms with van der Waals surface area (Å²) in [6.45, 7) is 0. The number of carboxylic acid groups (broad SMARTS) is 1. The van der Waals surface area contributed by atoms with Gasteiger partial charge in [0.25, 0.3) is 0 Å². The molecular weight excluding hydrogens is 320 g/mol. The predicted octanol–water partition coefficient (Wildman–Crippen LogP) is 3.50. The maximum absolute atomic E-state index is 11.0. The summed E-state index contributed by atoms with van der Waals surface area (Å²) in [6.07, 6.45) is 1.55. The van der Waals surface area contributed by atoms with Crippen LogP contribution in [-0.2, 0) is 0 Å². The summed E-state index contributed by atoms with van der Waals surface area (Å²) in [6, 6.07) is 9.95. The summed E-state index contributed by atoms with van der Waals surface area (Å²) in [5, 5.41) is 13.3. The van der Waals surface area contributed by atoms with E-state index in [2.05, 4.69) is 10.5 Å². The Morgan fingerprint density at radius 2 is 2.04 bits per heavy atom. The van der Waals surface area contributed by atoms with Crippen molar-refractivity contribution in [2.75, 3.05) is 19.6 Å². The lowest BCUT2D eigenvalue weighted by Crippen LogP contribution is -2.00. The molecule has 7 heteroatoms. The van der Waals surface area contributed by atoms with Crippen LogP contribution >= 0.6 is 11.6 Å². The topological polar surface area (TPSA) is 80.2 Å². The Labute approximate surface area is 138 Å². The number of para-hydroxylation sites is 1. The Kier molecular flexibility index (Phi) is 5.43. The van der Waals surface area contributed by atoms with E-state index in [0.29, 0.717) is 22.7 Å². The van der Waals surface area contributed by atoms with Crippen LogP contribution in [0.2, 0.25) is 5.02 Å². The lowest BCUT2D eigenvalue weighted by molar-refractivity contribution is 0.0697. The van der Waals surface area contributed by atoms with Crippen molar-refractivity contribution in [3.63, 3.8) is 0 Å². The van der Waals surface area contributed by atoms with Crippen molar-refractivity contribution in [1.82, 2.24) is 0 Å². The molecule has 2 aromatic rings. The van der Waals surface area contributed by atoms with Crippen LogP contribution in [0.15, 0.2) is 41.5 Å². The molecule has 0 aliphatic heterocycles. The van der Waals surface area contributed by atoms with Gasteiger partial charge in [0.15, 0.2) is 11.5 Å². The van der Waals surface area contributed by atoms with Crippen LogP contribution in [0, 0.1) is 0 Å². The molecule has 23 heavy (non-hydrogen) atoms. The zero-order chi connectivity index (χ0) is 16.8. The van der Waals surface area contributed by atoms with Gasteiger partial charge in [0.1, 0.15) is 0 Å². The average molecular weight is 335 g/mol. The number of anilines is 1. The van der Waals surface area contributed by atoms with Gasteiger partial charge >= 0.3 is 5.97 Å². The van der Waals surface area contributed by atoms with E-state index in [1.165, 1.54) is 12.1 Å². The van der Waals surface area contributed by atoms with Crippen LogP contribution in [0.5, 0.6) is 11.5 Å². The summed E-state index contributed by atoms with van der Waals surface area (Å²) in [4.78, 5) is 11.0. The van der Waals surface area contributed by atoms with Gasteiger partial charge in [-0.3, -0.25) is 5.43 Å². The number of benzene rings is 2. The molecule has 2 aromatic carbocycles. The number of halogens is 1. The monoisotopic (exact) mass is 334 g/mol. The van der Waals surface area contributed by atoms with Crippen LogP contribution in [-0.4, -0.2) is 31.5 Å². The van der Waals surface area contributed by atoms with Gasteiger partial charge in [-0.25, -0.2) is 4.79 Å². The third-order valence-corrected chi connectivity index (χ3v) is 3.36. The maximum atomic E-state index is 11.0. The van der Waals surface area contributed by atoms with Crippen LogP contribution in [0.4, 0.5) is 5.69 Å². The minimum absolute atomic E-state index is 0.00540. The van der Waals surface area contributed by atoms with Gasteiger partial charge in [-0.1, -0.05) is 17.7 Å². The van der Waals surface area contributed by atoms with E-state index < -0.39 is 5.97 Å². The van der Waals surface area contributed by atoms with Crippen LogP contribution in [0.1, 0.15) is 15.9 Å². The van der Waals surface area contributed by atoms with E-state index in [0.717, 1.165) is 0 Å². The summed E-state index contributed by atoms with van der Waals surface area (Å²) in [5.74, 6) is 0.0519. The van der Waals surface area contributed by atoms with Gasteiger partial charge in [-0.15, -0.1) is 0 Å². The quantitative estimate of drug-likeness (QED) is 0.624. The minimum Gasteiger partial charge on any atom is -0.493 e. The highest BCUT2D eigenvalue weighted by Crippen LogP contribution is 2.29. The number of hydrazone groups is 1. The van der Waals surface area contributed by atoms with Crippen LogP contribution in [0.3, 0.4) is 0 Å². The van der Waals surface area contributed by atoms with E-state index in [4.69, 9.17) is 26.2 Å². The van der Waals surface area contributed by atoms with Gasteiger partial charge < -0.3 is 14.6 Å². The molecule has 0 fully saturated rings. The van der Waals surface area contributed by atoms with E-state index in [-0.39, 0.29) is 10.6 Å². The first-order valence-electron chi connectivity index (χ1n) is 6.59. The van der Waals surface area contributed by atoms with Crippen molar-refractivity contribution >= 4 is 29.5 Å². The second-order valence-electron chi connectivity index (χ2n) is 4.45. The van der Waals surface area contributed by atoms with Crippen LogP contribution < -0.4 is 14.9 Å². The number of hydrogen-bond acceptors (Lipinski definition) is 5. The van der Waals surface area contributed by atoms with Crippen molar-refractivity contribution in [2.24, 2.45) is 5.10 Å². The molecule has 0 amide bonds. The first-order valence-corrected chi connectivity index (χ1v) is 6.97. The molecule has 0 aliphatic carbocycles. The summed E-state index contributed by atoms with van der Waals surface area (Å²) in [7, 11) is 3.10. The molecule has 0 heterocycles. The molecule has 0 radical (unpaired) electrons. The predicted molar refractivity (Wildman–Crippen MR) is 89.2 cm³/mol. The number of methoxy groups -OCH3 is 2. The van der Waals surface area contributed by atoms with E-state index >= 15 is 0 Å². The molecule has 120 valence electrons. The Morgan fingerprint density at radius 3 is 2.70 bits per heavy atom. The van der Waals surface area contributed by atoms with Gasteiger partial charge in [0.05, 0.1) is 36.7 Å². The fraction of sp³-hybridized carbons (Fsp3) is 0.125. The Bertz CT molecular complexity index is 747. The molecule has 0 aliphatic rings. The number of carboxylic acids is 1. The fourth-order valence-electron chi connectivity index (χ4n) is 1.95. The lowest BCUT2D eigenvalue weighted by Gasteiger charge is -2.09. The lowest BCUT2D eigenvalue weighted by atomic mass is 10.2. The van der Waals surface area contributed by atoms with Crippen molar-refractivity contribution in [1.29, 1.82) is 0 Å². The Balaban J connectivity index is 2.20. The number of aromatic carboxylic acids is 1. The molecule has 0 spiro atoms. The van der Waals surface area contributed by atoms with Gasteiger partial charge in [-0.2, -0.15) is 5.10 Å². The molecule has 0 atom stereocenters. The van der Waals surface area contributed by atoms with Crippen molar-refractivity contribution in [2.45, 2.75) is 0 Å². The number of carbonyl (C=O) groups is 1. The first kappa shape index (κ1) is 16.6. The third kappa shape index (κ3) is 3.92. The number of nitrogens with zero attached hydrogens (tertiary/aromatic N) is 1.